The van der Waals surface area contributed by atoms with E-state index in [1.54, 1.807) is 16.3 Å². The van der Waals surface area contributed by atoms with E-state index in [9.17, 15) is 22.8 Å². The van der Waals surface area contributed by atoms with Crippen LogP contribution in [0.2, 0.25) is 0 Å². The van der Waals surface area contributed by atoms with Crippen LogP contribution < -0.4 is 15.1 Å². The summed E-state index contributed by atoms with van der Waals surface area (Å²) < 4.78 is 46.2. The van der Waals surface area contributed by atoms with E-state index in [0.29, 0.717) is 55.8 Å². The first-order valence-corrected chi connectivity index (χ1v) is 10.8. The molecular formula is C20H21F3N4O3S. The number of aromatic nitrogens is 1. The number of morpholine rings is 1. The fraction of sp³-hybridized carbons (Fsp3) is 0.450. The van der Waals surface area contributed by atoms with E-state index in [1.165, 1.54) is 17.4 Å². The lowest BCUT2D eigenvalue weighted by Gasteiger charge is -2.29. The van der Waals surface area contributed by atoms with Crippen molar-refractivity contribution >= 4 is 39.7 Å². The van der Waals surface area contributed by atoms with Gasteiger partial charge in [-0.05, 0) is 24.6 Å². The predicted octanol–water partition coefficient (Wildman–Crippen LogP) is 3.31. The molecule has 31 heavy (non-hydrogen) atoms. The Balaban J connectivity index is 1.47. The molecule has 2 fully saturated rings. The van der Waals surface area contributed by atoms with Gasteiger partial charge in [0.25, 0.3) is 0 Å². The highest BCUT2D eigenvalue weighted by molar-refractivity contribution is 7.14. The number of hydrogen-bond acceptors (Lipinski definition) is 6. The molecule has 4 rings (SSSR count). The fourth-order valence-electron chi connectivity index (χ4n) is 3.60. The smallest absolute Gasteiger partial charge is 0.378 e. The SMILES string of the molecule is O=C(Cc1csc(N2CCCC2=O)n1)Nc1ccc(N2CCOCC2)cc1C(F)(F)F. The largest absolute Gasteiger partial charge is 0.418 e. The topological polar surface area (TPSA) is 74.8 Å². The van der Waals surface area contributed by atoms with E-state index in [1.807, 2.05) is 4.90 Å². The van der Waals surface area contributed by atoms with Crippen LogP contribution in [0.15, 0.2) is 23.6 Å². The van der Waals surface area contributed by atoms with Gasteiger partial charge in [-0.25, -0.2) is 4.98 Å². The molecule has 3 heterocycles. The third-order valence-corrected chi connectivity index (χ3v) is 6.06. The summed E-state index contributed by atoms with van der Waals surface area (Å²) in [6, 6.07) is 3.90. The summed E-state index contributed by atoms with van der Waals surface area (Å²) in [7, 11) is 0. The number of carbonyl (C=O) groups is 2. The molecule has 1 aromatic heterocycles. The van der Waals surface area contributed by atoms with Crippen molar-refractivity contribution in [1.29, 1.82) is 0 Å². The number of hydrogen-bond donors (Lipinski definition) is 1. The second kappa shape index (κ2) is 8.83. The first-order valence-electron chi connectivity index (χ1n) is 9.90. The van der Waals surface area contributed by atoms with Gasteiger partial charge in [0.1, 0.15) is 0 Å². The molecule has 0 atom stereocenters. The van der Waals surface area contributed by atoms with Crippen molar-refractivity contribution in [1.82, 2.24) is 4.98 Å². The average Bonchev–Trinajstić information content (AvgIpc) is 3.36. The van der Waals surface area contributed by atoms with Crippen LogP contribution in [0.1, 0.15) is 24.1 Å². The minimum absolute atomic E-state index is 0.0134. The van der Waals surface area contributed by atoms with Crippen molar-refractivity contribution < 1.29 is 27.5 Å². The molecule has 0 radical (unpaired) electrons. The summed E-state index contributed by atoms with van der Waals surface area (Å²) in [6.07, 6.45) is -3.57. The molecule has 2 aromatic rings. The number of nitrogens with zero attached hydrogens (tertiary/aromatic N) is 3. The number of nitrogens with one attached hydrogen (secondary N) is 1. The fourth-order valence-corrected chi connectivity index (χ4v) is 4.47. The Morgan fingerprint density at radius 1 is 1.23 bits per heavy atom. The monoisotopic (exact) mass is 454 g/mol. The maximum Gasteiger partial charge on any atom is 0.418 e. The van der Waals surface area contributed by atoms with Crippen molar-refractivity contribution in [2.75, 3.05) is 48.0 Å². The Hall–Kier alpha value is -2.66. The number of alkyl halides is 3. The van der Waals surface area contributed by atoms with E-state index in [0.717, 1.165) is 12.5 Å². The molecule has 7 nitrogen and oxygen atoms in total. The van der Waals surface area contributed by atoms with Crippen LogP contribution in [0.4, 0.5) is 29.7 Å². The lowest BCUT2D eigenvalue weighted by atomic mass is 10.1. The van der Waals surface area contributed by atoms with E-state index in [4.69, 9.17) is 4.74 Å². The summed E-state index contributed by atoms with van der Waals surface area (Å²) in [5, 5.41) is 4.52. The number of amides is 2. The Bertz CT molecular complexity index is 973. The lowest BCUT2D eigenvalue weighted by Crippen LogP contribution is -2.36. The number of rotatable bonds is 5. The second-order valence-electron chi connectivity index (χ2n) is 7.32. The van der Waals surface area contributed by atoms with E-state index in [2.05, 4.69) is 10.3 Å². The zero-order chi connectivity index (χ0) is 22.0. The Kier molecular flexibility index (Phi) is 6.15. The maximum atomic E-state index is 13.6. The van der Waals surface area contributed by atoms with Crippen LogP contribution in [-0.4, -0.2) is 49.6 Å². The molecule has 2 aliphatic heterocycles. The van der Waals surface area contributed by atoms with Crippen LogP contribution in [0.5, 0.6) is 0 Å². The Morgan fingerprint density at radius 2 is 2.00 bits per heavy atom. The second-order valence-corrected chi connectivity index (χ2v) is 8.16. The van der Waals surface area contributed by atoms with Crippen molar-refractivity contribution in [3.8, 4) is 0 Å². The highest BCUT2D eigenvalue weighted by Gasteiger charge is 2.35. The maximum absolute atomic E-state index is 13.6. The number of carbonyl (C=O) groups excluding carboxylic acids is 2. The zero-order valence-electron chi connectivity index (χ0n) is 16.6. The van der Waals surface area contributed by atoms with Crippen molar-refractivity contribution in [2.24, 2.45) is 0 Å². The first-order chi connectivity index (χ1) is 14.8. The van der Waals surface area contributed by atoms with Gasteiger partial charge in [0, 0.05) is 37.1 Å². The summed E-state index contributed by atoms with van der Waals surface area (Å²) in [5.41, 5.74) is -0.338. The predicted molar refractivity (Wildman–Crippen MR) is 111 cm³/mol. The van der Waals surface area contributed by atoms with Crippen LogP contribution in [0, 0.1) is 0 Å². The van der Waals surface area contributed by atoms with Gasteiger partial charge in [0.15, 0.2) is 5.13 Å². The van der Waals surface area contributed by atoms with Gasteiger partial charge in [-0.15, -0.1) is 11.3 Å². The summed E-state index contributed by atoms with van der Waals surface area (Å²) in [5.74, 6) is -0.616. The standard InChI is InChI=1S/C20H21F3N4O3S/c21-20(22,23)15-11-14(26-6-8-30-9-7-26)3-4-16(15)25-17(28)10-13-12-31-19(24-13)27-5-1-2-18(27)29/h3-4,11-12H,1-2,5-10H2,(H,25,28). The summed E-state index contributed by atoms with van der Waals surface area (Å²) in [4.78, 5) is 31.9. The molecule has 0 unspecified atom stereocenters. The van der Waals surface area contributed by atoms with Gasteiger partial charge < -0.3 is 15.0 Å². The third-order valence-electron chi connectivity index (χ3n) is 5.14. The van der Waals surface area contributed by atoms with Crippen molar-refractivity contribution in [3.63, 3.8) is 0 Å². The third kappa shape index (κ3) is 4.99. The lowest BCUT2D eigenvalue weighted by molar-refractivity contribution is -0.137. The summed E-state index contributed by atoms with van der Waals surface area (Å²) in [6.45, 7) is 2.52. The molecule has 1 aromatic carbocycles. The molecule has 2 amide bonds. The van der Waals surface area contributed by atoms with Crippen LogP contribution in [0.3, 0.4) is 0 Å². The molecule has 2 saturated heterocycles. The van der Waals surface area contributed by atoms with Crippen LogP contribution in [0.25, 0.3) is 0 Å². The zero-order valence-corrected chi connectivity index (χ0v) is 17.4. The molecule has 166 valence electrons. The normalized spacial score (nSPS) is 17.3. The number of ether oxygens (including phenoxy) is 1. The Morgan fingerprint density at radius 3 is 2.68 bits per heavy atom. The molecular weight excluding hydrogens is 433 g/mol. The summed E-state index contributed by atoms with van der Waals surface area (Å²) >= 11 is 1.24. The molecule has 2 aliphatic rings. The average molecular weight is 454 g/mol. The number of thiazole rings is 1. The van der Waals surface area contributed by atoms with E-state index < -0.39 is 17.6 Å². The molecule has 11 heteroatoms. The van der Waals surface area contributed by atoms with Gasteiger partial charge in [-0.2, -0.15) is 13.2 Å². The molecule has 0 spiro atoms. The number of halogens is 3. The van der Waals surface area contributed by atoms with Gasteiger partial charge in [0.05, 0.1) is 36.6 Å². The van der Waals surface area contributed by atoms with Crippen LogP contribution >= 0.6 is 11.3 Å². The van der Waals surface area contributed by atoms with Crippen molar-refractivity contribution in [2.45, 2.75) is 25.4 Å². The highest BCUT2D eigenvalue weighted by Crippen LogP contribution is 2.37. The quantitative estimate of drug-likeness (QED) is 0.751. The van der Waals surface area contributed by atoms with E-state index in [-0.39, 0.29) is 18.0 Å². The van der Waals surface area contributed by atoms with Gasteiger partial charge in [-0.3, -0.25) is 14.5 Å². The van der Waals surface area contributed by atoms with Crippen LogP contribution in [-0.2, 0) is 26.9 Å². The number of anilines is 3. The molecule has 1 N–H and O–H groups in total. The molecule has 0 saturated carbocycles. The molecule has 0 bridgehead atoms. The van der Waals surface area contributed by atoms with Crippen molar-refractivity contribution in [3.05, 3.63) is 34.8 Å². The van der Waals surface area contributed by atoms with E-state index >= 15 is 0 Å². The van der Waals surface area contributed by atoms with Gasteiger partial charge >= 0.3 is 6.18 Å². The highest BCUT2D eigenvalue weighted by atomic mass is 32.1. The number of benzene rings is 1. The molecule has 0 aliphatic carbocycles. The minimum atomic E-state index is -4.62. The Labute approximate surface area is 180 Å². The first kappa shape index (κ1) is 21.6. The minimum Gasteiger partial charge on any atom is -0.378 e. The van der Waals surface area contributed by atoms with Gasteiger partial charge in [-0.1, -0.05) is 0 Å². The van der Waals surface area contributed by atoms with Gasteiger partial charge in [0.2, 0.25) is 11.8 Å².